The van der Waals surface area contributed by atoms with Gasteiger partial charge in [-0.25, -0.2) is 0 Å². The van der Waals surface area contributed by atoms with Gasteiger partial charge < -0.3 is 14.4 Å². The molecule has 0 aromatic heterocycles. The quantitative estimate of drug-likeness (QED) is 0.564. The fourth-order valence-electron chi connectivity index (χ4n) is 2.02. The number of hydrogen-bond donors (Lipinski definition) is 0. The van der Waals surface area contributed by atoms with Crippen LogP contribution in [-0.2, 0) is 14.3 Å². The zero-order valence-corrected chi connectivity index (χ0v) is 11.5. The van der Waals surface area contributed by atoms with Gasteiger partial charge >= 0.3 is 0 Å². The average Bonchev–Trinajstić information content (AvgIpc) is 2.71. The molecule has 0 aromatic rings. The number of halogens is 1. The van der Waals surface area contributed by atoms with E-state index in [4.69, 9.17) is 9.47 Å². The summed E-state index contributed by atoms with van der Waals surface area (Å²) in [5, 5.41) is 0. The lowest BCUT2D eigenvalue weighted by atomic mass is 10.1. The Kier molecular flexibility index (Phi) is 4.07. The number of nitrogens with zero attached hydrogens (tertiary/aromatic N) is 1. The lowest BCUT2D eigenvalue weighted by Crippen LogP contribution is -2.41. The number of morpholine rings is 1. The molecule has 90 valence electrons. The molecule has 0 spiro atoms. The summed E-state index contributed by atoms with van der Waals surface area (Å²) in [7, 11) is 0. The van der Waals surface area contributed by atoms with Crippen LogP contribution >= 0.6 is 22.6 Å². The maximum absolute atomic E-state index is 12.2. The Bertz CT molecular complexity index is 310. The first kappa shape index (κ1) is 12.2. The van der Waals surface area contributed by atoms with Crippen molar-refractivity contribution in [3.8, 4) is 0 Å². The Hall–Kier alpha value is -0.300. The molecular formula is C11H16INO3. The predicted molar refractivity (Wildman–Crippen MR) is 68.5 cm³/mol. The molecule has 1 saturated heterocycles. The number of rotatable bonds is 2. The summed E-state index contributed by atoms with van der Waals surface area (Å²) >= 11 is 2.29. The Morgan fingerprint density at radius 1 is 1.50 bits per heavy atom. The van der Waals surface area contributed by atoms with Gasteiger partial charge in [0, 0.05) is 23.9 Å². The van der Waals surface area contributed by atoms with Crippen molar-refractivity contribution in [2.45, 2.75) is 19.4 Å². The van der Waals surface area contributed by atoms with Crippen molar-refractivity contribution in [1.29, 1.82) is 0 Å². The van der Waals surface area contributed by atoms with E-state index in [0.29, 0.717) is 26.3 Å². The fourth-order valence-corrected chi connectivity index (χ4v) is 2.51. The third kappa shape index (κ3) is 2.51. The molecule has 0 N–H and O–H groups in total. The molecule has 1 unspecified atom stereocenters. The van der Waals surface area contributed by atoms with Gasteiger partial charge in [0.1, 0.15) is 11.9 Å². The molecule has 0 aliphatic carbocycles. The van der Waals surface area contributed by atoms with Crippen molar-refractivity contribution in [2.75, 3.05) is 30.7 Å². The second-order valence-electron chi connectivity index (χ2n) is 4.04. The summed E-state index contributed by atoms with van der Waals surface area (Å²) in [6.07, 6.45) is 0.936. The molecule has 2 rings (SSSR count). The predicted octanol–water partition coefficient (Wildman–Crippen LogP) is 1.34. The standard InChI is InChI=1S/C11H16INO3/c1-8-10(6-9(7-12)16-8)11(14)13-2-4-15-5-3-13/h9H,2-7H2,1H3. The number of amides is 1. The van der Waals surface area contributed by atoms with Crippen molar-refractivity contribution in [3.63, 3.8) is 0 Å². The number of hydrogen-bond acceptors (Lipinski definition) is 3. The first-order valence-corrected chi connectivity index (χ1v) is 7.04. The first-order valence-electron chi connectivity index (χ1n) is 5.51. The van der Waals surface area contributed by atoms with Gasteiger partial charge in [-0.3, -0.25) is 4.79 Å². The van der Waals surface area contributed by atoms with Crippen LogP contribution in [0.25, 0.3) is 0 Å². The second kappa shape index (κ2) is 5.35. The number of ether oxygens (including phenoxy) is 2. The fraction of sp³-hybridized carbons (Fsp3) is 0.727. The van der Waals surface area contributed by atoms with Crippen LogP contribution in [0.3, 0.4) is 0 Å². The third-order valence-electron chi connectivity index (χ3n) is 2.93. The van der Waals surface area contributed by atoms with E-state index in [-0.39, 0.29) is 12.0 Å². The lowest BCUT2D eigenvalue weighted by molar-refractivity contribution is -0.131. The van der Waals surface area contributed by atoms with E-state index in [9.17, 15) is 4.79 Å². The molecule has 0 bridgehead atoms. The summed E-state index contributed by atoms with van der Waals surface area (Å²) in [6.45, 7) is 4.58. The molecule has 16 heavy (non-hydrogen) atoms. The molecule has 2 heterocycles. The van der Waals surface area contributed by atoms with Crippen LogP contribution in [0.15, 0.2) is 11.3 Å². The Balaban J connectivity index is 2.01. The molecule has 4 nitrogen and oxygen atoms in total. The van der Waals surface area contributed by atoms with E-state index in [1.807, 2.05) is 11.8 Å². The Morgan fingerprint density at radius 2 is 2.19 bits per heavy atom. The van der Waals surface area contributed by atoms with Crippen LogP contribution in [0.5, 0.6) is 0 Å². The summed E-state index contributed by atoms with van der Waals surface area (Å²) in [5.41, 5.74) is 0.851. The normalized spacial score (nSPS) is 25.9. The number of carbonyl (C=O) groups is 1. The van der Waals surface area contributed by atoms with Gasteiger partial charge in [0.15, 0.2) is 0 Å². The van der Waals surface area contributed by atoms with Gasteiger partial charge in [-0.2, -0.15) is 0 Å². The maximum Gasteiger partial charge on any atom is 0.253 e. The zero-order chi connectivity index (χ0) is 11.5. The van der Waals surface area contributed by atoms with E-state index < -0.39 is 0 Å². The van der Waals surface area contributed by atoms with Gasteiger partial charge in [0.2, 0.25) is 0 Å². The molecule has 1 atom stereocenters. The minimum absolute atomic E-state index is 0.133. The molecule has 2 aliphatic rings. The van der Waals surface area contributed by atoms with Crippen LogP contribution < -0.4 is 0 Å². The molecular weight excluding hydrogens is 321 g/mol. The highest BCUT2D eigenvalue weighted by atomic mass is 127. The van der Waals surface area contributed by atoms with Crippen molar-refractivity contribution in [2.24, 2.45) is 0 Å². The molecule has 1 amide bonds. The first-order chi connectivity index (χ1) is 7.72. The minimum atomic E-state index is 0.133. The van der Waals surface area contributed by atoms with Crippen molar-refractivity contribution < 1.29 is 14.3 Å². The van der Waals surface area contributed by atoms with Crippen LogP contribution in [0.2, 0.25) is 0 Å². The van der Waals surface area contributed by atoms with Gasteiger partial charge in [0.25, 0.3) is 5.91 Å². The van der Waals surface area contributed by atoms with E-state index >= 15 is 0 Å². The number of allylic oxidation sites excluding steroid dienone is 1. The van der Waals surface area contributed by atoms with Crippen molar-refractivity contribution in [3.05, 3.63) is 11.3 Å². The minimum Gasteiger partial charge on any atom is -0.493 e. The number of alkyl halides is 1. The number of carbonyl (C=O) groups excluding carboxylic acids is 1. The molecule has 0 aromatic carbocycles. The van der Waals surface area contributed by atoms with Gasteiger partial charge in [-0.15, -0.1) is 0 Å². The SMILES string of the molecule is CC1=C(C(=O)N2CCOCC2)CC(CI)O1. The monoisotopic (exact) mass is 337 g/mol. The van der Waals surface area contributed by atoms with Crippen LogP contribution in [0, 0.1) is 0 Å². The smallest absolute Gasteiger partial charge is 0.253 e. The molecule has 0 saturated carbocycles. The molecule has 0 radical (unpaired) electrons. The zero-order valence-electron chi connectivity index (χ0n) is 9.37. The summed E-state index contributed by atoms with van der Waals surface area (Å²) < 4.78 is 11.8. The lowest BCUT2D eigenvalue weighted by Gasteiger charge is -2.27. The summed E-state index contributed by atoms with van der Waals surface area (Å²) in [5.74, 6) is 0.936. The van der Waals surface area contributed by atoms with Crippen molar-refractivity contribution in [1.82, 2.24) is 4.90 Å². The summed E-state index contributed by atoms with van der Waals surface area (Å²) in [6, 6.07) is 0. The van der Waals surface area contributed by atoms with E-state index in [0.717, 1.165) is 22.2 Å². The average molecular weight is 337 g/mol. The van der Waals surface area contributed by atoms with E-state index in [1.54, 1.807) is 0 Å². The Morgan fingerprint density at radius 3 is 2.75 bits per heavy atom. The van der Waals surface area contributed by atoms with Gasteiger partial charge in [-0.1, -0.05) is 22.6 Å². The molecule has 1 fully saturated rings. The van der Waals surface area contributed by atoms with Gasteiger partial charge in [0.05, 0.1) is 18.8 Å². The highest BCUT2D eigenvalue weighted by Crippen LogP contribution is 2.27. The van der Waals surface area contributed by atoms with Crippen LogP contribution in [-0.4, -0.2) is 47.6 Å². The highest BCUT2D eigenvalue weighted by Gasteiger charge is 2.30. The van der Waals surface area contributed by atoms with E-state index in [1.165, 1.54) is 0 Å². The second-order valence-corrected chi connectivity index (χ2v) is 4.92. The van der Waals surface area contributed by atoms with Crippen LogP contribution in [0.1, 0.15) is 13.3 Å². The third-order valence-corrected chi connectivity index (χ3v) is 3.91. The molecule has 5 heteroatoms. The molecule has 2 aliphatic heterocycles. The highest BCUT2D eigenvalue weighted by molar-refractivity contribution is 14.1. The van der Waals surface area contributed by atoms with Gasteiger partial charge in [-0.05, 0) is 6.92 Å². The van der Waals surface area contributed by atoms with E-state index in [2.05, 4.69) is 22.6 Å². The summed E-state index contributed by atoms with van der Waals surface area (Å²) in [4.78, 5) is 14.1. The topological polar surface area (TPSA) is 38.8 Å². The van der Waals surface area contributed by atoms with Crippen LogP contribution in [0.4, 0.5) is 0 Å². The van der Waals surface area contributed by atoms with Crippen molar-refractivity contribution >= 4 is 28.5 Å². The maximum atomic E-state index is 12.2. The largest absolute Gasteiger partial charge is 0.493 e. The Labute approximate surface area is 109 Å².